The van der Waals surface area contributed by atoms with Gasteiger partial charge in [-0.3, -0.25) is 0 Å². The van der Waals surface area contributed by atoms with Gasteiger partial charge in [-0.25, -0.2) is 0 Å². The van der Waals surface area contributed by atoms with Gasteiger partial charge in [0.2, 0.25) is 0 Å². The summed E-state index contributed by atoms with van der Waals surface area (Å²) in [6, 6.07) is 6.72. The summed E-state index contributed by atoms with van der Waals surface area (Å²) in [6.45, 7) is 8.89. The summed E-state index contributed by atoms with van der Waals surface area (Å²) in [4.78, 5) is 0. The molecule has 1 unspecified atom stereocenters. The van der Waals surface area contributed by atoms with Crippen LogP contribution in [-0.2, 0) is 0 Å². The first kappa shape index (κ1) is 13.8. The highest BCUT2D eigenvalue weighted by molar-refractivity contribution is 5.79. The molecule has 0 heterocycles. The van der Waals surface area contributed by atoms with Gasteiger partial charge in [-0.2, -0.15) is 0 Å². The first-order valence-corrected chi connectivity index (χ1v) is 6.03. The molecule has 0 heteroatoms. The van der Waals surface area contributed by atoms with Gasteiger partial charge in [-0.05, 0) is 49.8 Å². The first-order valence-electron chi connectivity index (χ1n) is 6.03. The quantitative estimate of drug-likeness (QED) is 0.611. The average molecular weight is 228 g/mol. The van der Waals surface area contributed by atoms with Crippen LogP contribution in [0.2, 0.25) is 0 Å². The van der Waals surface area contributed by atoms with Crippen molar-refractivity contribution in [2.75, 3.05) is 0 Å². The molecule has 0 fully saturated rings. The summed E-state index contributed by atoms with van der Waals surface area (Å²) in [6.07, 6.45) is 5.81. The van der Waals surface area contributed by atoms with Gasteiger partial charge in [0.1, 0.15) is 0 Å². The normalized spacial score (nSPS) is 19.2. The third-order valence-corrected chi connectivity index (χ3v) is 3.35. The molecule has 2 rings (SSSR count). The maximum Gasteiger partial charge on any atom is -0.0155 e. The van der Waals surface area contributed by atoms with E-state index in [1.54, 1.807) is 0 Å². The fourth-order valence-electron chi connectivity index (χ4n) is 2.50. The van der Waals surface area contributed by atoms with Crippen molar-refractivity contribution in [3.63, 3.8) is 0 Å². The van der Waals surface area contributed by atoms with Crippen LogP contribution >= 0.6 is 0 Å². The van der Waals surface area contributed by atoms with Crippen LogP contribution in [-0.4, -0.2) is 0 Å². The molecule has 0 bridgehead atoms. The molecule has 0 saturated heterocycles. The topological polar surface area (TPSA) is 0 Å². The Morgan fingerprint density at radius 1 is 1.12 bits per heavy atom. The van der Waals surface area contributed by atoms with Crippen LogP contribution in [0.25, 0.3) is 5.57 Å². The Bertz CT molecular complexity index is 461. The molecule has 17 heavy (non-hydrogen) atoms. The highest BCUT2D eigenvalue weighted by atomic mass is 14.2. The maximum absolute atomic E-state index is 2.32. The molecular formula is C17H24. The van der Waals surface area contributed by atoms with E-state index in [2.05, 4.69) is 58.0 Å². The predicted octanol–water partition coefficient (Wildman–Crippen LogP) is 5.31. The Morgan fingerprint density at radius 3 is 2.41 bits per heavy atom. The molecule has 0 saturated carbocycles. The number of hydrogen-bond donors (Lipinski definition) is 0. The largest absolute Gasteiger partial charge is 0.0808 e. The molecule has 1 aliphatic rings. The zero-order valence-electron chi connectivity index (χ0n) is 10.7. The number of aryl methyl sites for hydroxylation is 2. The lowest BCUT2D eigenvalue weighted by atomic mass is 9.86. The van der Waals surface area contributed by atoms with Gasteiger partial charge in [0, 0.05) is 0 Å². The third kappa shape index (κ3) is 2.88. The molecule has 1 aromatic carbocycles. The van der Waals surface area contributed by atoms with Crippen molar-refractivity contribution in [3.8, 4) is 0 Å². The van der Waals surface area contributed by atoms with E-state index < -0.39 is 0 Å². The summed E-state index contributed by atoms with van der Waals surface area (Å²) in [7, 11) is 0. The first-order chi connectivity index (χ1) is 7.58. The molecule has 0 spiro atoms. The Balaban J connectivity index is 0.00000144. The van der Waals surface area contributed by atoms with Gasteiger partial charge in [-0.15, -0.1) is 0 Å². The van der Waals surface area contributed by atoms with Crippen molar-refractivity contribution in [1.29, 1.82) is 0 Å². The molecular weight excluding hydrogens is 204 g/mol. The molecule has 0 amide bonds. The maximum atomic E-state index is 2.32. The van der Waals surface area contributed by atoms with Crippen LogP contribution < -0.4 is 0 Å². The minimum Gasteiger partial charge on any atom is -0.0808 e. The second-order valence-electron chi connectivity index (χ2n) is 5.05. The van der Waals surface area contributed by atoms with E-state index in [9.17, 15) is 0 Å². The third-order valence-electron chi connectivity index (χ3n) is 3.35. The lowest BCUT2D eigenvalue weighted by molar-refractivity contribution is 0.710. The number of benzene rings is 1. The lowest BCUT2D eigenvalue weighted by Gasteiger charge is -2.19. The Morgan fingerprint density at radius 2 is 1.82 bits per heavy atom. The second-order valence-corrected chi connectivity index (χ2v) is 5.05. The molecule has 1 aliphatic carbocycles. The summed E-state index contributed by atoms with van der Waals surface area (Å²) in [5.74, 6) is 0.689. The standard InChI is InChI=1S/C16H20.CH4/c1-11-5-7-15(13(3)9-11)16-8-6-12(2)10-14(16)4;/h5-9,12H,10H2,1-4H3;1H4. The smallest absolute Gasteiger partial charge is 0.0155 e. The number of rotatable bonds is 1. The van der Waals surface area contributed by atoms with E-state index >= 15 is 0 Å². The summed E-state index contributed by atoms with van der Waals surface area (Å²) in [5, 5.41) is 0. The fraction of sp³-hybridized carbons (Fsp3) is 0.412. The van der Waals surface area contributed by atoms with Gasteiger partial charge in [0.15, 0.2) is 0 Å². The van der Waals surface area contributed by atoms with Crippen molar-refractivity contribution >= 4 is 5.57 Å². The monoisotopic (exact) mass is 228 g/mol. The Labute approximate surface area is 106 Å². The van der Waals surface area contributed by atoms with E-state index in [-0.39, 0.29) is 7.43 Å². The van der Waals surface area contributed by atoms with Crippen LogP contribution in [0.5, 0.6) is 0 Å². The Hall–Kier alpha value is -1.30. The molecule has 92 valence electrons. The van der Waals surface area contributed by atoms with E-state index in [0.717, 1.165) is 0 Å². The molecule has 0 aromatic heterocycles. The van der Waals surface area contributed by atoms with E-state index in [0.29, 0.717) is 5.92 Å². The van der Waals surface area contributed by atoms with E-state index in [1.807, 2.05) is 0 Å². The minimum atomic E-state index is 0. The van der Waals surface area contributed by atoms with Crippen LogP contribution in [0, 0.1) is 19.8 Å². The fourth-order valence-corrected chi connectivity index (χ4v) is 2.50. The molecule has 0 nitrogen and oxygen atoms in total. The predicted molar refractivity (Wildman–Crippen MR) is 78.2 cm³/mol. The highest BCUT2D eigenvalue weighted by Crippen LogP contribution is 2.31. The minimum absolute atomic E-state index is 0. The number of hydrogen-bond acceptors (Lipinski definition) is 0. The van der Waals surface area contributed by atoms with E-state index in [1.165, 1.54) is 34.3 Å². The van der Waals surface area contributed by atoms with Gasteiger partial charge >= 0.3 is 0 Å². The zero-order valence-corrected chi connectivity index (χ0v) is 10.7. The average Bonchev–Trinajstić information content (AvgIpc) is 2.19. The van der Waals surface area contributed by atoms with Crippen molar-refractivity contribution in [2.24, 2.45) is 5.92 Å². The van der Waals surface area contributed by atoms with Gasteiger partial charge in [-0.1, -0.05) is 55.8 Å². The highest BCUT2D eigenvalue weighted by Gasteiger charge is 2.12. The molecule has 1 atom stereocenters. The summed E-state index contributed by atoms with van der Waals surface area (Å²) < 4.78 is 0. The van der Waals surface area contributed by atoms with E-state index in [4.69, 9.17) is 0 Å². The van der Waals surface area contributed by atoms with Crippen molar-refractivity contribution in [3.05, 3.63) is 52.6 Å². The number of allylic oxidation sites excluding steroid dienone is 4. The SMILES string of the molecule is C.CC1=C(c2ccc(C)cc2C)C=CC(C)C1. The van der Waals surface area contributed by atoms with Crippen molar-refractivity contribution < 1.29 is 0 Å². The molecule has 0 radical (unpaired) electrons. The van der Waals surface area contributed by atoms with Gasteiger partial charge in [0.05, 0.1) is 0 Å². The van der Waals surface area contributed by atoms with Crippen LogP contribution in [0.1, 0.15) is 44.4 Å². The van der Waals surface area contributed by atoms with Gasteiger partial charge in [0.25, 0.3) is 0 Å². The molecule has 0 aliphatic heterocycles. The molecule has 0 N–H and O–H groups in total. The van der Waals surface area contributed by atoms with Crippen LogP contribution in [0.4, 0.5) is 0 Å². The van der Waals surface area contributed by atoms with Gasteiger partial charge < -0.3 is 0 Å². The Kier molecular flexibility index (Phi) is 4.34. The van der Waals surface area contributed by atoms with Crippen molar-refractivity contribution in [2.45, 2.75) is 41.5 Å². The summed E-state index contributed by atoms with van der Waals surface area (Å²) in [5.41, 5.74) is 7.06. The second kappa shape index (κ2) is 5.35. The zero-order chi connectivity index (χ0) is 11.7. The summed E-state index contributed by atoms with van der Waals surface area (Å²) >= 11 is 0. The molecule has 1 aromatic rings. The lowest BCUT2D eigenvalue weighted by Crippen LogP contribution is -2.00. The van der Waals surface area contributed by atoms with Crippen LogP contribution in [0.3, 0.4) is 0 Å². The van der Waals surface area contributed by atoms with Crippen molar-refractivity contribution in [1.82, 2.24) is 0 Å². The van der Waals surface area contributed by atoms with Crippen LogP contribution in [0.15, 0.2) is 35.9 Å².